The molecule has 0 radical (unpaired) electrons. The number of aliphatic imine (C=N–C) groups is 1. The van der Waals surface area contributed by atoms with E-state index >= 15 is 0 Å². The summed E-state index contributed by atoms with van der Waals surface area (Å²) in [5.41, 5.74) is 1.25. The van der Waals surface area contributed by atoms with Gasteiger partial charge in [0.15, 0.2) is 0 Å². The maximum Gasteiger partial charge on any atom is 0.122 e. The Morgan fingerprint density at radius 1 is 1.33 bits per heavy atom. The third kappa shape index (κ3) is 2.49. The first kappa shape index (κ1) is 10.0. The second-order valence-electron chi connectivity index (χ2n) is 3.57. The molecule has 1 aliphatic rings. The molecule has 0 fully saturated rings. The predicted molar refractivity (Wildman–Crippen MR) is 61.6 cm³/mol. The van der Waals surface area contributed by atoms with E-state index in [0.29, 0.717) is 0 Å². The van der Waals surface area contributed by atoms with Gasteiger partial charge >= 0.3 is 0 Å². The van der Waals surface area contributed by atoms with E-state index < -0.39 is 0 Å². The van der Waals surface area contributed by atoms with Crippen molar-refractivity contribution < 1.29 is 4.74 Å². The number of hydrogen-bond acceptors (Lipinski definition) is 3. The molecule has 0 aromatic heterocycles. The normalized spacial score (nSPS) is 14.6. The van der Waals surface area contributed by atoms with Crippen molar-refractivity contribution in [2.75, 3.05) is 20.2 Å². The van der Waals surface area contributed by atoms with E-state index in [1.165, 1.54) is 5.56 Å². The molecule has 0 atom stereocenters. The number of rotatable bonds is 4. The lowest BCUT2D eigenvalue weighted by atomic mass is 10.1. The van der Waals surface area contributed by atoms with Crippen molar-refractivity contribution in [3.05, 3.63) is 29.8 Å². The Kier molecular flexibility index (Phi) is 3.22. The minimum atomic E-state index is 0.918. The Morgan fingerprint density at radius 3 is 2.93 bits per heavy atom. The summed E-state index contributed by atoms with van der Waals surface area (Å²) in [6, 6.07) is 8.14. The van der Waals surface area contributed by atoms with Gasteiger partial charge in [-0.15, -0.1) is 0 Å². The van der Waals surface area contributed by atoms with Gasteiger partial charge in [-0.25, -0.2) is 0 Å². The first-order valence-corrected chi connectivity index (χ1v) is 5.29. The highest BCUT2D eigenvalue weighted by Crippen LogP contribution is 2.18. The summed E-state index contributed by atoms with van der Waals surface area (Å²) in [6.45, 7) is 1.91. The summed E-state index contributed by atoms with van der Waals surface area (Å²) in [4.78, 5) is 4.37. The second kappa shape index (κ2) is 4.82. The Labute approximate surface area is 90.2 Å². The number of hydrogen-bond donors (Lipinski definition) is 1. The van der Waals surface area contributed by atoms with Crippen LogP contribution in [0, 0.1) is 0 Å². The number of methoxy groups -OCH3 is 1. The fourth-order valence-corrected chi connectivity index (χ4v) is 1.78. The first-order valence-electron chi connectivity index (χ1n) is 5.29. The fraction of sp³-hybridized carbons (Fsp3) is 0.417. The molecule has 0 saturated carbocycles. The van der Waals surface area contributed by atoms with Gasteiger partial charge in [0.1, 0.15) is 5.75 Å². The Hall–Kier alpha value is -1.51. The standard InChI is InChI=1S/C12H16N2O/c1-15-11-5-3-2-4-10(11)6-7-12-13-8-9-14-12/h2-5H,6-9H2,1H3,(H,13,14). The van der Waals surface area contributed by atoms with Crippen LogP contribution in [-0.4, -0.2) is 26.0 Å². The number of nitrogens with zero attached hydrogens (tertiary/aromatic N) is 1. The molecule has 2 rings (SSSR count). The van der Waals surface area contributed by atoms with E-state index in [4.69, 9.17) is 4.74 Å². The van der Waals surface area contributed by atoms with Crippen LogP contribution in [0.25, 0.3) is 0 Å². The van der Waals surface area contributed by atoms with Crippen LogP contribution in [0.15, 0.2) is 29.3 Å². The van der Waals surface area contributed by atoms with E-state index in [9.17, 15) is 0 Å². The van der Waals surface area contributed by atoms with Crippen LogP contribution in [-0.2, 0) is 6.42 Å². The van der Waals surface area contributed by atoms with E-state index in [1.54, 1.807) is 7.11 Å². The van der Waals surface area contributed by atoms with Gasteiger partial charge in [-0.2, -0.15) is 0 Å². The third-order valence-corrected chi connectivity index (χ3v) is 2.57. The highest BCUT2D eigenvalue weighted by Gasteiger charge is 2.07. The Morgan fingerprint density at radius 2 is 2.20 bits per heavy atom. The highest BCUT2D eigenvalue weighted by atomic mass is 16.5. The second-order valence-corrected chi connectivity index (χ2v) is 3.57. The molecule has 1 heterocycles. The topological polar surface area (TPSA) is 33.6 Å². The summed E-state index contributed by atoms with van der Waals surface area (Å²) in [7, 11) is 1.71. The van der Waals surface area contributed by atoms with Gasteiger partial charge in [0.2, 0.25) is 0 Å². The van der Waals surface area contributed by atoms with Crippen LogP contribution in [0.5, 0.6) is 5.75 Å². The first-order chi connectivity index (χ1) is 7.40. The van der Waals surface area contributed by atoms with Gasteiger partial charge < -0.3 is 10.1 Å². The minimum Gasteiger partial charge on any atom is -0.496 e. The van der Waals surface area contributed by atoms with Crippen LogP contribution in [0.3, 0.4) is 0 Å². The molecule has 0 unspecified atom stereocenters. The van der Waals surface area contributed by atoms with Crippen molar-refractivity contribution in [2.45, 2.75) is 12.8 Å². The van der Waals surface area contributed by atoms with Crippen molar-refractivity contribution in [1.82, 2.24) is 5.32 Å². The lowest BCUT2D eigenvalue weighted by molar-refractivity contribution is 0.410. The number of benzene rings is 1. The number of aryl methyl sites for hydroxylation is 1. The van der Waals surface area contributed by atoms with Crippen molar-refractivity contribution in [3.8, 4) is 5.75 Å². The molecular formula is C12H16N2O. The minimum absolute atomic E-state index is 0.918. The largest absolute Gasteiger partial charge is 0.496 e. The van der Waals surface area contributed by atoms with Gasteiger partial charge in [-0.3, -0.25) is 4.99 Å². The molecule has 80 valence electrons. The summed E-state index contributed by atoms with van der Waals surface area (Å²) in [5, 5.41) is 3.27. The Balaban J connectivity index is 1.97. The molecule has 0 amide bonds. The summed E-state index contributed by atoms with van der Waals surface area (Å²) >= 11 is 0. The van der Waals surface area contributed by atoms with Gasteiger partial charge in [-0.1, -0.05) is 18.2 Å². The zero-order valence-corrected chi connectivity index (χ0v) is 8.99. The van der Waals surface area contributed by atoms with Gasteiger partial charge in [0, 0.05) is 13.0 Å². The molecule has 1 N–H and O–H groups in total. The van der Waals surface area contributed by atoms with E-state index in [-0.39, 0.29) is 0 Å². The maximum atomic E-state index is 5.30. The summed E-state index contributed by atoms with van der Waals surface area (Å²) < 4.78 is 5.30. The average Bonchev–Trinajstić information content (AvgIpc) is 2.79. The lowest BCUT2D eigenvalue weighted by Crippen LogP contribution is -2.18. The summed E-state index contributed by atoms with van der Waals surface area (Å²) in [6.07, 6.45) is 1.95. The molecule has 1 aromatic carbocycles. The quantitative estimate of drug-likeness (QED) is 0.808. The van der Waals surface area contributed by atoms with Crippen LogP contribution < -0.4 is 10.1 Å². The zero-order chi connectivity index (χ0) is 10.5. The molecule has 0 spiro atoms. The summed E-state index contributed by atoms with van der Waals surface area (Å²) in [5.74, 6) is 2.09. The van der Waals surface area contributed by atoms with Gasteiger partial charge in [0.25, 0.3) is 0 Å². The number of nitrogens with one attached hydrogen (secondary N) is 1. The molecule has 1 aromatic rings. The van der Waals surface area contributed by atoms with Gasteiger partial charge in [0.05, 0.1) is 19.5 Å². The van der Waals surface area contributed by atoms with Crippen LogP contribution >= 0.6 is 0 Å². The van der Waals surface area contributed by atoms with Crippen LogP contribution in [0.1, 0.15) is 12.0 Å². The molecule has 3 nitrogen and oxygen atoms in total. The van der Waals surface area contributed by atoms with E-state index in [2.05, 4.69) is 16.4 Å². The maximum absolute atomic E-state index is 5.30. The number of amidine groups is 1. The molecule has 0 aliphatic carbocycles. The van der Waals surface area contributed by atoms with Crippen molar-refractivity contribution in [2.24, 2.45) is 4.99 Å². The molecule has 0 saturated heterocycles. The molecule has 0 bridgehead atoms. The number of ether oxygens (including phenoxy) is 1. The van der Waals surface area contributed by atoms with Crippen molar-refractivity contribution in [1.29, 1.82) is 0 Å². The smallest absolute Gasteiger partial charge is 0.122 e. The van der Waals surface area contributed by atoms with E-state index in [1.807, 2.05) is 18.2 Å². The predicted octanol–water partition coefficient (Wildman–Crippen LogP) is 1.63. The third-order valence-electron chi connectivity index (χ3n) is 2.57. The van der Waals surface area contributed by atoms with Gasteiger partial charge in [-0.05, 0) is 18.1 Å². The molecular weight excluding hydrogens is 188 g/mol. The van der Waals surface area contributed by atoms with Crippen molar-refractivity contribution in [3.63, 3.8) is 0 Å². The zero-order valence-electron chi connectivity index (χ0n) is 8.99. The molecule has 15 heavy (non-hydrogen) atoms. The molecule has 1 aliphatic heterocycles. The van der Waals surface area contributed by atoms with Crippen molar-refractivity contribution >= 4 is 5.84 Å². The lowest BCUT2D eigenvalue weighted by Gasteiger charge is -2.07. The monoisotopic (exact) mass is 204 g/mol. The van der Waals surface area contributed by atoms with Crippen LogP contribution in [0.4, 0.5) is 0 Å². The number of para-hydroxylation sites is 1. The molecule has 3 heteroatoms. The highest BCUT2D eigenvalue weighted by molar-refractivity contribution is 5.83. The van der Waals surface area contributed by atoms with Crippen LogP contribution in [0.2, 0.25) is 0 Å². The van der Waals surface area contributed by atoms with E-state index in [0.717, 1.165) is 37.5 Å². The Bertz CT molecular complexity index is 360. The average molecular weight is 204 g/mol. The SMILES string of the molecule is COc1ccccc1CCC1=NCCN1. The fourth-order valence-electron chi connectivity index (χ4n) is 1.78.